The maximum absolute atomic E-state index is 12.8. The number of rotatable bonds is 2. The third kappa shape index (κ3) is 4.23. The van der Waals surface area contributed by atoms with Crippen LogP contribution in [-0.2, 0) is 9.53 Å². The Balaban J connectivity index is 1.51. The van der Waals surface area contributed by atoms with Gasteiger partial charge in [-0.3, -0.25) is 4.79 Å². The molecule has 1 N–H and O–H groups in total. The molecule has 0 aromatic heterocycles. The van der Waals surface area contributed by atoms with Crippen molar-refractivity contribution in [2.45, 2.75) is 57.7 Å². The van der Waals surface area contributed by atoms with E-state index in [1.165, 1.54) is 22.3 Å². The number of nitrogens with zero attached hydrogens (tertiary/aromatic N) is 1. The third-order valence-corrected chi connectivity index (χ3v) is 9.47. The standard InChI is InChI=1S/C34H37NO3/c1-21-5-7-22(8-6-21)9-10-24-17-27(36)18-25-20-38-33-29-15-16-30(37)34(29,2)19-28(32(33)31(24)25)23-11-13-26(14-12-23)35(3)4/h5-8,11-14,18,24,28-30,33,37H,15-17,19-20H2,1-4H3/i37+1. The molecule has 4 heteroatoms. The summed E-state index contributed by atoms with van der Waals surface area (Å²) in [6.45, 7) is 4.77. The Morgan fingerprint density at radius 1 is 1.05 bits per heavy atom. The van der Waals surface area contributed by atoms with Gasteiger partial charge in [0.25, 0.3) is 0 Å². The number of aliphatic hydroxyl groups is 1. The van der Waals surface area contributed by atoms with E-state index in [2.05, 4.69) is 93.2 Å². The molecule has 38 heavy (non-hydrogen) atoms. The summed E-state index contributed by atoms with van der Waals surface area (Å²) >= 11 is 0. The number of allylic oxidation sites excluding steroid dienone is 1. The molecule has 2 fully saturated rings. The highest BCUT2D eigenvalue weighted by Gasteiger charge is 2.57. The van der Waals surface area contributed by atoms with Crippen LogP contribution in [0.1, 0.15) is 55.2 Å². The number of benzene rings is 2. The van der Waals surface area contributed by atoms with Gasteiger partial charge in [0.15, 0.2) is 5.78 Å². The predicted molar refractivity (Wildman–Crippen MR) is 151 cm³/mol. The molecule has 6 unspecified atom stereocenters. The number of carbonyl (C=O) groups excluding carboxylic acids is 1. The zero-order valence-corrected chi connectivity index (χ0v) is 22.8. The maximum Gasteiger partial charge on any atom is 0.157 e. The smallest absolute Gasteiger partial charge is 0.157 e. The van der Waals surface area contributed by atoms with Crippen LogP contribution in [0.4, 0.5) is 5.69 Å². The second kappa shape index (κ2) is 9.56. The molecule has 2 aromatic carbocycles. The molecule has 4 aliphatic rings. The summed E-state index contributed by atoms with van der Waals surface area (Å²) in [5.41, 5.74) is 7.90. The van der Waals surface area contributed by atoms with E-state index in [0.717, 1.165) is 36.1 Å². The Labute approximate surface area is 226 Å². The van der Waals surface area contributed by atoms with Gasteiger partial charge in [-0.15, -0.1) is 0 Å². The van der Waals surface area contributed by atoms with Gasteiger partial charge in [-0.05, 0) is 90.1 Å². The maximum atomic E-state index is 12.8. The zero-order valence-electron chi connectivity index (χ0n) is 22.8. The first-order valence-corrected chi connectivity index (χ1v) is 13.9. The van der Waals surface area contributed by atoms with Crippen molar-refractivity contribution < 1.29 is 14.6 Å². The highest BCUT2D eigenvalue weighted by atomic mass is 17.2. The fraction of sp³-hybridized carbons (Fsp3) is 0.441. The topological polar surface area (TPSA) is 49.8 Å². The quantitative estimate of drug-likeness (QED) is 0.538. The van der Waals surface area contributed by atoms with Crippen molar-refractivity contribution in [3.8, 4) is 11.8 Å². The molecule has 1 heterocycles. The SMILES string of the molecule is Cc1ccc(C#CC2CC(=O)C=C3COC4C(=C32)C(c2ccc(N(C)C)cc2)CC2(C)C([17OH])CCC42)cc1. The number of ketones is 1. The number of aryl methyl sites for hydroxylation is 1. The average molecular weight is 509 g/mol. The van der Waals surface area contributed by atoms with E-state index in [-0.39, 0.29) is 41.2 Å². The summed E-state index contributed by atoms with van der Waals surface area (Å²) in [5, 5.41) is 11.1. The number of anilines is 1. The number of fused-ring (bicyclic) bond motifs is 4. The van der Waals surface area contributed by atoms with E-state index in [9.17, 15) is 9.90 Å². The van der Waals surface area contributed by atoms with Crippen molar-refractivity contribution in [3.63, 3.8) is 0 Å². The van der Waals surface area contributed by atoms with E-state index < -0.39 is 0 Å². The van der Waals surface area contributed by atoms with Crippen LogP contribution < -0.4 is 4.90 Å². The Hall–Kier alpha value is -3.13. The minimum atomic E-state index is -0.326. The van der Waals surface area contributed by atoms with E-state index in [4.69, 9.17) is 4.74 Å². The van der Waals surface area contributed by atoms with Gasteiger partial charge >= 0.3 is 0 Å². The zero-order chi connectivity index (χ0) is 26.6. The molecule has 3 aliphatic carbocycles. The summed E-state index contributed by atoms with van der Waals surface area (Å²) in [7, 11) is 4.11. The largest absolute Gasteiger partial charge is 0.393 e. The molecule has 6 rings (SSSR count). The Morgan fingerprint density at radius 2 is 1.79 bits per heavy atom. The molecule has 0 bridgehead atoms. The average Bonchev–Trinajstić information content (AvgIpc) is 3.21. The molecule has 0 spiro atoms. The molecule has 0 amide bonds. The highest BCUT2D eigenvalue weighted by molar-refractivity contribution is 5.94. The number of ether oxygens (including phenoxy) is 1. The van der Waals surface area contributed by atoms with Crippen LogP contribution in [0, 0.1) is 36.0 Å². The first-order chi connectivity index (χ1) is 18.2. The number of carbonyl (C=O) groups is 1. The summed E-state index contributed by atoms with van der Waals surface area (Å²) in [6.07, 6.45) is 4.47. The fourth-order valence-electron chi connectivity index (χ4n) is 7.32. The molecule has 2 aromatic rings. The van der Waals surface area contributed by atoms with Gasteiger partial charge in [0, 0.05) is 37.7 Å². The molecular formula is C34H37NO3. The van der Waals surface area contributed by atoms with E-state index in [1.54, 1.807) is 6.08 Å². The van der Waals surface area contributed by atoms with Crippen LogP contribution in [0.15, 0.2) is 71.3 Å². The molecule has 2 saturated carbocycles. The van der Waals surface area contributed by atoms with Crippen molar-refractivity contribution in [2.24, 2.45) is 17.3 Å². The first kappa shape index (κ1) is 25.2. The van der Waals surface area contributed by atoms with E-state index in [0.29, 0.717) is 13.0 Å². The molecular weight excluding hydrogens is 471 g/mol. The van der Waals surface area contributed by atoms with Gasteiger partial charge in [0.05, 0.1) is 24.7 Å². The third-order valence-electron chi connectivity index (χ3n) is 9.47. The first-order valence-electron chi connectivity index (χ1n) is 13.9. The molecule has 0 saturated heterocycles. The van der Waals surface area contributed by atoms with Crippen molar-refractivity contribution in [1.82, 2.24) is 0 Å². The lowest BCUT2D eigenvalue weighted by Gasteiger charge is -2.51. The van der Waals surface area contributed by atoms with E-state index in [1.807, 2.05) is 0 Å². The van der Waals surface area contributed by atoms with E-state index >= 15 is 0 Å². The minimum Gasteiger partial charge on any atom is -0.393 e. The van der Waals surface area contributed by atoms with Crippen molar-refractivity contribution in [1.29, 1.82) is 0 Å². The van der Waals surface area contributed by atoms with Gasteiger partial charge in [-0.1, -0.05) is 48.6 Å². The van der Waals surface area contributed by atoms with Gasteiger partial charge < -0.3 is 14.7 Å². The van der Waals surface area contributed by atoms with Crippen LogP contribution >= 0.6 is 0 Å². The molecule has 0 radical (unpaired) electrons. The monoisotopic (exact) mass is 508 g/mol. The summed E-state index contributed by atoms with van der Waals surface area (Å²) in [6, 6.07) is 17.1. The highest BCUT2D eigenvalue weighted by Crippen LogP contribution is 2.61. The predicted octanol–water partition coefficient (Wildman–Crippen LogP) is 5.59. The van der Waals surface area contributed by atoms with Gasteiger partial charge in [0.2, 0.25) is 0 Å². The van der Waals surface area contributed by atoms with Gasteiger partial charge in [-0.2, -0.15) is 0 Å². The van der Waals surface area contributed by atoms with Crippen LogP contribution in [0.3, 0.4) is 0 Å². The molecule has 1 aliphatic heterocycles. The fourth-order valence-corrected chi connectivity index (χ4v) is 7.32. The minimum absolute atomic E-state index is 0.0616. The second-order valence-electron chi connectivity index (χ2n) is 12.1. The number of hydrogen-bond acceptors (Lipinski definition) is 4. The second-order valence-corrected chi connectivity index (χ2v) is 12.1. The van der Waals surface area contributed by atoms with Crippen molar-refractivity contribution in [2.75, 3.05) is 25.6 Å². The van der Waals surface area contributed by atoms with Gasteiger partial charge in [-0.25, -0.2) is 0 Å². The van der Waals surface area contributed by atoms with Crippen LogP contribution in [0.2, 0.25) is 0 Å². The number of aliphatic hydroxyl groups excluding tert-OH is 1. The van der Waals surface area contributed by atoms with Crippen molar-refractivity contribution in [3.05, 3.63) is 88.0 Å². The van der Waals surface area contributed by atoms with Crippen molar-refractivity contribution >= 4 is 11.5 Å². The lowest BCUT2D eigenvalue weighted by atomic mass is 9.57. The van der Waals surface area contributed by atoms with Crippen LogP contribution in [-0.4, -0.2) is 43.8 Å². The lowest BCUT2D eigenvalue weighted by molar-refractivity contribution is -0.115. The Bertz CT molecular complexity index is 1370. The molecule has 4 nitrogen and oxygen atoms in total. The summed E-state index contributed by atoms with van der Waals surface area (Å²) in [4.78, 5) is 14.9. The Kier molecular flexibility index (Phi) is 6.33. The van der Waals surface area contributed by atoms with Gasteiger partial charge in [0.1, 0.15) is 0 Å². The lowest BCUT2D eigenvalue weighted by Crippen LogP contribution is -2.49. The van der Waals surface area contributed by atoms with Crippen LogP contribution in [0.25, 0.3) is 0 Å². The number of hydrogen-bond donors (Lipinski definition) is 1. The summed E-state index contributed by atoms with van der Waals surface area (Å²) in [5.74, 6) is 7.24. The Morgan fingerprint density at radius 3 is 2.50 bits per heavy atom. The van der Waals surface area contributed by atoms with Crippen LogP contribution in [0.5, 0.6) is 0 Å². The normalized spacial score (nSPS) is 32.0. The molecule has 196 valence electrons. The summed E-state index contributed by atoms with van der Waals surface area (Å²) < 4.78 is 6.62. The molecule has 6 atom stereocenters.